The molecule has 80 valence electrons. The Bertz CT molecular complexity index is 486. The van der Waals surface area contributed by atoms with E-state index in [9.17, 15) is 4.79 Å². The van der Waals surface area contributed by atoms with E-state index in [4.69, 9.17) is 0 Å². The first-order valence-corrected chi connectivity index (χ1v) is 5.74. The largest absolute Gasteiger partial charge is 0.290 e. The molecule has 0 N–H and O–H groups in total. The van der Waals surface area contributed by atoms with Crippen LogP contribution in [-0.4, -0.2) is 11.5 Å². The first-order chi connectivity index (χ1) is 7.75. The van der Waals surface area contributed by atoms with Crippen molar-refractivity contribution in [2.45, 2.75) is 11.8 Å². The first-order valence-electron chi connectivity index (χ1n) is 4.96. The number of carbonyl (C=O) groups excluding carboxylic acids is 1. The van der Waals surface area contributed by atoms with Gasteiger partial charge in [0.25, 0.3) is 0 Å². The molecule has 3 heteroatoms. The lowest BCUT2D eigenvalue weighted by Crippen LogP contribution is -2.04. The summed E-state index contributed by atoms with van der Waals surface area (Å²) >= 11 is 1.41. The van der Waals surface area contributed by atoms with Gasteiger partial charge in [-0.3, -0.25) is 4.79 Å². The van der Waals surface area contributed by atoms with Gasteiger partial charge in [-0.15, -0.1) is 0 Å². The molecule has 0 saturated carbocycles. The summed E-state index contributed by atoms with van der Waals surface area (Å²) in [7, 11) is 0. The lowest BCUT2D eigenvalue weighted by Gasteiger charge is -2.03. The molecule has 0 unspecified atom stereocenters. The van der Waals surface area contributed by atoms with Crippen LogP contribution in [0.4, 0.5) is 0 Å². The smallest absolute Gasteiger partial charge is 0.181 e. The Morgan fingerprint density at radius 2 is 1.88 bits per heavy atom. The number of benzene rings is 1. The second-order valence-corrected chi connectivity index (χ2v) is 4.28. The Hall–Kier alpha value is -1.61. The molecule has 1 aliphatic rings. The second-order valence-electron chi connectivity index (χ2n) is 3.45. The summed E-state index contributed by atoms with van der Waals surface area (Å²) in [4.78, 5) is 12.3. The van der Waals surface area contributed by atoms with Crippen molar-refractivity contribution in [3.63, 3.8) is 0 Å². The lowest BCUT2D eigenvalue weighted by molar-refractivity contribution is -0.111. The molecule has 0 radical (unpaired) electrons. The molecule has 0 atom stereocenters. The highest BCUT2D eigenvalue weighted by atomic mass is 32.2. The van der Waals surface area contributed by atoms with E-state index in [0.29, 0.717) is 0 Å². The van der Waals surface area contributed by atoms with Gasteiger partial charge in [-0.2, -0.15) is 0 Å². The fourth-order valence-electron chi connectivity index (χ4n) is 1.28. The van der Waals surface area contributed by atoms with E-state index in [-0.39, 0.29) is 5.78 Å². The molecular formula is C13H11NOS. The normalized spacial score (nSPS) is 17.7. The van der Waals surface area contributed by atoms with E-state index in [1.807, 2.05) is 30.3 Å². The lowest BCUT2D eigenvalue weighted by atomic mass is 10.1. The van der Waals surface area contributed by atoms with E-state index in [0.717, 1.165) is 16.2 Å². The summed E-state index contributed by atoms with van der Waals surface area (Å²) in [5.41, 5.74) is 1.56. The van der Waals surface area contributed by atoms with Crippen LogP contribution in [0.25, 0.3) is 0 Å². The standard InChI is InChI=1S/C13H11NOS/c1-10-9-11(7-8-13(10)15)14-16-12-5-3-2-4-6-12/h2-9H,1H3. The third kappa shape index (κ3) is 2.70. The molecule has 2 nitrogen and oxygen atoms in total. The zero-order valence-corrected chi connectivity index (χ0v) is 9.70. The van der Waals surface area contributed by atoms with Gasteiger partial charge in [0.2, 0.25) is 0 Å². The number of allylic oxidation sites excluding steroid dienone is 4. The summed E-state index contributed by atoms with van der Waals surface area (Å²) in [6.07, 6.45) is 5.10. The van der Waals surface area contributed by atoms with Crippen LogP contribution < -0.4 is 0 Å². The third-order valence-corrected chi connectivity index (χ3v) is 2.94. The average molecular weight is 229 g/mol. The van der Waals surface area contributed by atoms with E-state index in [1.165, 1.54) is 11.9 Å². The fourth-order valence-corrected chi connectivity index (χ4v) is 1.88. The first kappa shape index (κ1) is 10.9. The fraction of sp³-hybridized carbons (Fsp3) is 0.0769. The maximum absolute atomic E-state index is 11.2. The average Bonchev–Trinajstić information content (AvgIpc) is 2.32. The summed E-state index contributed by atoms with van der Waals surface area (Å²) in [6, 6.07) is 9.93. The number of hydrogen-bond acceptors (Lipinski definition) is 3. The number of rotatable bonds is 2. The predicted molar refractivity (Wildman–Crippen MR) is 67.6 cm³/mol. The van der Waals surface area contributed by atoms with Crippen LogP contribution in [0, 0.1) is 0 Å². The van der Waals surface area contributed by atoms with Crippen LogP contribution in [-0.2, 0) is 4.79 Å². The molecule has 0 aliphatic heterocycles. The Labute approximate surface area is 98.9 Å². The van der Waals surface area contributed by atoms with Crippen molar-refractivity contribution in [3.8, 4) is 0 Å². The van der Waals surface area contributed by atoms with Gasteiger partial charge in [0.05, 0.1) is 5.71 Å². The van der Waals surface area contributed by atoms with Crippen molar-refractivity contribution in [3.05, 3.63) is 54.1 Å². The summed E-state index contributed by atoms with van der Waals surface area (Å²) in [5.74, 6) is 0.0589. The summed E-state index contributed by atoms with van der Waals surface area (Å²) in [5, 5.41) is 0. The highest BCUT2D eigenvalue weighted by Gasteiger charge is 2.06. The third-order valence-electron chi connectivity index (χ3n) is 2.16. The molecule has 0 heterocycles. The van der Waals surface area contributed by atoms with Crippen molar-refractivity contribution in [1.29, 1.82) is 0 Å². The van der Waals surface area contributed by atoms with Gasteiger partial charge < -0.3 is 0 Å². The molecule has 0 saturated heterocycles. The van der Waals surface area contributed by atoms with Crippen molar-refractivity contribution in [2.24, 2.45) is 4.40 Å². The van der Waals surface area contributed by atoms with Crippen molar-refractivity contribution in [2.75, 3.05) is 0 Å². The Balaban J connectivity index is 2.10. The molecule has 1 aromatic rings. The molecule has 1 aliphatic carbocycles. The minimum Gasteiger partial charge on any atom is -0.290 e. The second kappa shape index (κ2) is 4.94. The van der Waals surface area contributed by atoms with Crippen molar-refractivity contribution < 1.29 is 4.79 Å². The summed E-state index contributed by atoms with van der Waals surface area (Å²) in [6.45, 7) is 1.80. The maximum Gasteiger partial charge on any atom is 0.181 e. The van der Waals surface area contributed by atoms with E-state index < -0.39 is 0 Å². The van der Waals surface area contributed by atoms with Gasteiger partial charge in [0.15, 0.2) is 5.78 Å². The number of ketones is 1. The Morgan fingerprint density at radius 3 is 2.56 bits per heavy atom. The molecule has 1 aromatic carbocycles. The Kier molecular flexibility index (Phi) is 3.37. The minimum atomic E-state index is 0.0589. The zero-order chi connectivity index (χ0) is 11.4. The van der Waals surface area contributed by atoms with Gasteiger partial charge in [0, 0.05) is 16.8 Å². The van der Waals surface area contributed by atoms with Gasteiger partial charge >= 0.3 is 0 Å². The predicted octanol–water partition coefficient (Wildman–Crippen LogP) is 3.22. The monoisotopic (exact) mass is 229 g/mol. The van der Waals surface area contributed by atoms with Crippen LogP contribution in [0.3, 0.4) is 0 Å². The van der Waals surface area contributed by atoms with Gasteiger partial charge in [-0.05, 0) is 42.9 Å². The molecule has 0 bridgehead atoms. The van der Waals surface area contributed by atoms with Crippen molar-refractivity contribution in [1.82, 2.24) is 0 Å². The Morgan fingerprint density at radius 1 is 1.12 bits per heavy atom. The molecule has 0 aromatic heterocycles. The van der Waals surface area contributed by atoms with E-state index in [1.54, 1.807) is 25.2 Å². The number of nitrogens with zero attached hydrogens (tertiary/aromatic N) is 1. The van der Waals surface area contributed by atoms with Crippen LogP contribution in [0.15, 0.2) is 63.4 Å². The topological polar surface area (TPSA) is 29.4 Å². The summed E-state index contributed by atoms with van der Waals surface area (Å²) < 4.78 is 4.36. The highest BCUT2D eigenvalue weighted by molar-refractivity contribution is 7.98. The minimum absolute atomic E-state index is 0.0589. The number of carbonyl (C=O) groups is 1. The van der Waals surface area contributed by atoms with Crippen LogP contribution in [0.1, 0.15) is 6.92 Å². The number of hydrogen-bond donors (Lipinski definition) is 0. The quantitative estimate of drug-likeness (QED) is 0.575. The van der Waals surface area contributed by atoms with Gasteiger partial charge in [-0.25, -0.2) is 4.40 Å². The highest BCUT2D eigenvalue weighted by Crippen LogP contribution is 2.19. The van der Waals surface area contributed by atoms with Crippen LogP contribution in [0.2, 0.25) is 0 Å². The van der Waals surface area contributed by atoms with Crippen LogP contribution >= 0.6 is 11.9 Å². The van der Waals surface area contributed by atoms with E-state index in [2.05, 4.69) is 4.40 Å². The molecule has 0 spiro atoms. The molecular weight excluding hydrogens is 218 g/mol. The SMILES string of the molecule is CC1=CC(=NSc2ccccc2)C=CC1=O. The molecule has 0 amide bonds. The molecule has 0 fully saturated rings. The zero-order valence-electron chi connectivity index (χ0n) is 8.88. The van der Waals surface area contributed by atoms with Gasteiger partial charge in [0.1, 0.15) is 0 Å². The maximum atomic E-state index is 11.2. The van der Waals surface area contributed by atoms with E-state index >= 15 is 0 Å². The van der Waals surface area contributed by atoms with Gasteiger partial charge in [-0.1, -0.05) is 18.2 Å². The molecule has 16 heavy (non-hydrogen) atoms. The van der Waals surface area contributed by atoms with Crippen LogP contribution in [0.5, 0.6) is 0 Å². The van der Waals surface area contributed by atoms with Crippen molar-refractivity contribution >= 4 is 23.4 Å². The molecule has 2 rings (SSSR count).